The van der Waals surface area contributed by atoms with Crippen molar-refractivity contribution in [2.75, 3.05) is 0 Å². The first-order chi connectivity index (χ1) is 13.9. The van der Waals surface area contributed by atoms with Crippen LogP contribution in [0.5, 0.6) is 0 Å². The van der Waals surface area contributed by atoms with Gasteiger partial charge < -0.3 is 14.6 Å². The number of nitrogens with one attached hydrogen (secondary N) is 1. The third-order valence-electron chi connectivity index (χ3n) is 5.52. The van der Waals surface area contributed by atoms with E-state index in [1.165, 1.54) is 38.4 Å². The molecule has 0 radical (unpaired) electrons. The lowest BCUT2D eigenvalue weighted by Crippen LogP contribution is -2.37. The number of hydrogen-bond acceptors (Lipinski definition) is 4. The van der Waals surface area contributed by atoms with E-state index in [1.54, 1.807) is 0 Å². The van der Waals surface area contributed by atoms with Gasteiger partial charge in [0, 0.05) is 18.5 Å². The summed E-state index contributed by atoms with van der Waals surface area (Å²) in [5.41, 5.74) is 0.268. The van der Waals surface area contributed by atoms with Gasteiger partial charge in [0.15, 0.2) is 5.69 Å². The topological polar surface area (TPSA) is 75.4 Å². The lowest BCUT2D eigenvalue weighted by Gasteiger charge is -2.27. The molecule has 0 fully saturated rings. The zero-order valence-electron chi connectivity index (χ0n) is 19.1. The number of aromatic nitrogens is 1. The minimum atomic E-state index is -0.237. The van der Waals surface area contributed by atoms with Crippen molar-refractivity contribution in [1.29, 1.82) is 0 Å². The number of oxazole rings is 1. The van der Waals surface area contributed by atoms with Crippen molar-refractivity contribution >= 4 is 11.8 Å². The van der Waals surface area contributed by atoms with Crippen molar-refractivity contribution < 1.29 is 14.0 Å². The van der Waals surface area contributed by atoms with E-state index in [-0.39, 0.29) is 29.6 Å². The molecular weight excluding hydrogens is 366 g/mol. The van der Waals surface area contributed by atoms with Crippen LogP contribution in [0.3, 0.4) is 0 Å². The molecule has 2 atom stereocenters. The molecule has 0 saturated carbocycles. The Morgan fingerprint density at radius 3 is 2.31 bits per heavy atom. The van der Waals surface area contributed by atoms with Gasteiger partial charge in [-0.1, -0.05) is 59.3 Å². The van der Waals surface area contributed by atoms with Gasteiger partial charge in [-0.15, -0.1) is 0 Å². The predicted molar refractivity (Wildman–Crippen MR) is 117 cm³/mol. The molecule has 1 aromatic rings. The van der Waals surface area contributed by atoms with Crippen molar-refractivity contribution in [3.8, 4) is 0 Å². The molecule has 0 aliphatic heterocycles. The maximum Gasteiger partial charge on any atom is 0.273 e. The molecule has 0 spiro atoms. The number of rotatable bonds is 15. The molecule has 1 aromatic heterocycles. The molecule has 2 unspecified atom stereocenters. The molecule has 1 heterocycles. The molecule has 2 amide bonds. The van der Waals surface area contributed by atoms with Gasteiger partial charge in [0.2, 0.25) is 11.8 Å². The van der Waals surface area contributed by atoms with Crippen LogP contribution in [-0.2, 0) is 11.3 Å². The molecule has 0 aliphatic carbocycles. The fourth-order valence-corrected chi connectivity index (χ4v) is 3.12. The number of carbonyl (C=O) groups excluding carboxylic acids is 2. The predicted octanol–water partition coefficient (Wildman–Crippen LogP) is 5.47. The normalized spacial score (nSPS) is 13.1. The molecule has 6 heteroatoms. The largest absolute Gasteiger partial charge is 0.446 e. The van der Waals surface area contributed by atoms with E-state index in [1.807, 2.05) is 25.7 Å². The summed E-state index contributed by atoms with van der Waals surface area (Å²) in [6, 6.07) is 0.194. The van der Waals surface area contributed by atoms with Gasteiger partial charge in [-0.05, 0) is 33.1 Å². The van der Waals surface area contributed by atoms with Crippen LogP contribution < -0.4 is 5.32 Å². The van der Waals surface area contributed by atoms with Crippen LogP contribution in [0.4, 0.5) is 0 Å². The van der Waals surface area contributed by atoms with Crippen LogP contribution in [0.25, 0.3) is 0 Å². The van der Waals surface area contributed by atoms with Crippen LogP contribution in [0.1, 0.15) is 115 Å². The van der Waals surface area contributed by atoms with E-state index in [9.17, 15) is 9.59 Å². The summed E-state index contributed by atoms with van der Waals surface area (Å²) in [5, 5.41) is 2.88. The lowest BCUT2D eigenvalue weighted by molar-refractivity contribution is -0.134. The number of nitrogens with zero attached hydrogens (tertiary/aromatic N) is 2. The van der Waals surface area contributed by atoms with E-state index < -0.39 is 0 Å². The van der Waals surface area contributed by atoms with E-state index in [2.05, 4.69) is 24.1 Å². The number of carbonyl (C=O) groups is 2. The molecule has 6 nitrogen and oxygen atoms in total. The highest BCUT2D eigenvalue weighted by Gasteiger charge is 2.22. The van der Waals surface area contributed by atoms with Gasteiger partial charge in [-0.3, -0.25) is 9.59 Å². The Hall–Kier alpha value is -1.85. The first-order valence-corrected chi connectivity index (χ1v) is 11.5. The zero-order chi connectivity index (χ0) is 21.6. The van der Waals surface area contributed by atoms with E-state index in [4.69, 9.17) is 4.42 Å². The van der Waals surface area contributed by atoms with Crippen molar-refractivity contribution in [1.82, 2.24) is 15.2 Å². The third kappa shape index (κ3) is 9.46. The summed E-state index contributed by atoms with van der Waals surface area (Å²) in [6.07, 6.45) is 12.0. The van der Waals surface area contributed by atoms with Crippen LogP contribution in [0.2, 0.25) is 0 Å². The van der Waals surface area contributed by atoms with Crippen molar-refractivity contribution in [2.24, 2.45) is 0 Å². The number of hydrogen-bond donors (Lipinski definition) is 1. The maximum atomic E-state index is 12.8. The van der Waals surface area contributed by atoms with Gasteiger partial charge in [0.1, 0.15) is 6.26 Å². The molecule has 1 N–H and O–H groups in total. The second-order valence-electron chi connectivity index (χ2n) is 8.06. The molecule has 166 valence electrons. The number of unbranched alkanes of at least 4 members (excludes halogenated alkanes) is 6. The second kappa shape index (κ2) is 14.2. The van der Waals surface area contributed by atoms with Crippen LogP contribution >= 0.6 is 0 Å². The highest BCUT2D eigenvalue weighted by Crippen LogP contribution is 2.15. The fraction of sp³-hybridized carbons (Fsp3) is 0.783. The summed E-state index contributed by atoms with van der Waals surface area (Å²) >= 11 is 0. The molecule has 0 bridgehead atoms. The third-order valence-corrected chi connectivity index (χ3v) is 5.52. The van der Waals surface area contributed by atoms with E-state index in [0.717, 1.165) is 25.7 Å². The minimum Gasteiger partial charge on any atom is -0.446 e. The average Bonchev–Trinajstić information content (AvgIpc) is 3.19. The second-order valence-corrected chi connectivity index (χ2v) is 8.06. The summed E-state index contributed by atoms with van der Waals surface area (Å²) in [7, 11) is 0. The van der Waals surface area contributed by atoms with Gasteiger partial charge >= 0.3 is 0 Å². The first kappa shape index (κ1) is 25.2. The Kier molecular flexibility index (Phi) is 12.3. The smallest absolute Gasteiger partial charge is 0.273 e. The fourth-order valence-electron chi connectivity index (χ4n) is 3.12. The van der Waals surface area contributed by atoms with E-state index in [0.29, 0.717) is 18.9 Å². The monoisotopic (exact) mass is 407 g/mol. The molecular formula is C23H41N3O3. The minimum absolute atomic E-state index is 0.0859. The van der Waals surface area contributed by atoms with E-state index >= 15 is 0 Å². The summed E-state index contributed by atoms with van der Waals surface area (Å²) in [5.74, 6) is 0.308. The Labute approximate surface area is 176 Å². The van der Waals surface area contributed by atoms with Crippen molar-refractivity contribution in [2.45, 2.75) is 117 Å². The summed E-state index contributed by atoms with van der Waals surface area (Å²) < 4.78 is 5.49. The zero-order valence-corrected chi connectivity index (χ0v) is 19.1. The highest BCUT2D eigenvalue weighted by atomic mass is 16.3. The van der Waals surface area contributed by atoms with Crippen LogP contribution in [0, 0.1) is 0 Å². The maximum absolute atomic E-state index is 12.8. The Morgan fingerprint density at radius 1 is 1.03 bits per heavy atom. The summed E-state index contributed by atoms with van der Waals surface area (Å²) in [4.78, 5) is 31.1. The molecule has 1 rings (SSSR count). The van der Waals surface area contributed by atoms with Crippen molar-refractivity contribution in [3.63, 3.8) is 0 Å². The quantitative estimate of drug-likeness (QED) is 0.391. The Morgan fingerprint density at radius 2 is 1.69 bits per heavy atom. The Bertz CT molecular complexity index is 600. The molecule has 29 heavy (non-hydrogen) atoms. The SMILES string of the molecule is CCCCCCCCCC(=O)N(Cc1nc(C(=O)NC(C)CC)co1)C(C)CC. The average molecular weight is 408 g/mol. The molecule has 0 saturated heterocycles. The Balaban J connectivity index is 2.56. The highest BCUT2D eigenvalue weighted by molar-refractivity contribution is 5.92. The summed E-state index contributed by atoms with van der Waals surface area (Å²) in [6.45, 7) is 10.6. The van der Waals surface area contributed by atoms with Gasteiger partial charge in [-0.25, -0.2) is 4.98 Å². The molecule has 0 aliphatic rings. The van der Waals surface area contributed by atoms with Crippen molar-refractivity contribution in [3.05, 3.63) is 17.8 Å². The van der Waals surface area contributed by atoms with Crippen LogP contribution in [-0.4, -0.2) is 33.8 Å². The first-order valence-electron chi connectivity index (χ1n) is 11.5. The molecule has 0 aromatic carbocycles. The van der Waals surface area contributed by atoms with Gasteiger partial charge in [-0.2, -0.15) is 0 Å². The lowest BCUT2D eigenvalue weighted by atomic mass is 10.1. The van der Waals surface area contributed by atoms with Gasteiger partial charge in [0.05, 0.1) is 6.54 Å². The van der Waals surface area contributed by atoms with Crippen LogP contribution in [0.15, 0.2) is 10.7 Å². The van der Waals surface area contributed by atoms with Gasteiger partial charge in [0.25, 0.3) is 5.91 Å². The standard InChI is InChI=1S/C23H41N3O3/c1-6-9-10-11-12-13-14-15-22(27)26(19(5)8-3)16-21-25-20(17-29-21)23(28)24-18(4)7-2/h17-19H,6-16H2,1-5H3,(H,24,28). The number of amides is 2.